The summed E-state index contributed by atoms with van der Waals surface area (Å²) in [5.41, 5.74) is 1.49. The Hall–Kier alpha value is -2.35. The highest BCUT2D eigenvalue weighted by molar-refractivity contribution is 6.37. The first-order valence-electron chi connectivity index (χ1n) is 8.68. The molecule has 9 heteroatoms. The smallest absolute Gasteiger partial charge is 0.341 e. The molecule has 1 aliphatic heterocycles. The molecular formula is C19H19Cl2N3O4. The first-order valence-corrected chi connectivity index (χ1v) is 9.44. The van der Waals surface area contributed by atoms with Crippen molar-refractivity contribution in [3.05, 3.63) is 52.3 Å². The summed E-state index contributed by atoms with van der Waals surface area (Å²) in [5.74, 6) is -1.18. The molecule has 1 fully saturated rings. The van der Waals surface area contributed by atoms with Gasteiger partial charge in [0.1, 0.15) is 0 Å². The minimum Gasteiger partial charge on any atom is -0.479 e. The Balaban J connectivity index is 1.59. The predicted molar refractivity (Wildman–Crippen MR) is 107 cm³/mol. The van der Waals surface area contributed by atoms with E-state index in [1.165, 1.54) is 12.1 Å². The molecule has 0 saturated carbocycles. The van der Waals surface area contributed by atoms with Gasteiger partial charge in [-0.2, -0.15) is 0 Å². The molecule has 3 rings (SSSR count). The van der Waals surface area contributed by atoms with E-state index in [1.807, 2.05) is 12.1 Å². The van der Waals surface area contributed by atoms with Gasteiger partial charge < -0.3 is 14.7 Å². The first kappa shape index (κ1) is 20.4. The SMILES string of the molecule is O=C(O)COc1c(Cl)cc(C(=O)CN2CCN(c3ccncc3)CC2)cc1Cl. The largest absolute Gasteiger partial charge is 0.479 e. The van der Waals surface area contributed by atoms with Crippen LogP contribution < -0.4 is 9.64 Å². The van der Waals surface area contributed by atoms with E-state index in [4.69, 9.17) is 33.0 Å². The zero-order chi connectivity index (χ0) is 20.1. The zero-order valence-electron chi connectivity index (χ0n) is 15.0. The molecule has 0 spiro atoms. The minimum absolute atomic E-state index is 0.0632. The van der Waals surface area contributed by atoms with Crippen molar-refractivity contribution in [3.63, 3.8) is 0 Å². The molecule has 2 heterocycles. The molecule has 148 valence electrons. The van der Waals surface area contributed by atoms with E-state index >= 15 is 0 Å². The molecule has 0 unspecified atom stereocenters. The van der Waals surface area contributed by atoms with Gasteiger partial charge in [0.15, 0.2) is 18.1 Å². The Morgan fingerprint density at radius 1 is 1.07 bits per heavy atom. The van der Waals surface area contributed by atoms with E-state index in [2.05, 4.69) is 14.8 Å². The molecule has 0 amide bonds. The van der Waals surface area contributed by atoms with Gasteiger partial charge in [0.2, 0.25) is 0 Å². The summed E-state index contributed by atoms with van der Waals surface area (Å²) in [4.78, 5) is 31.6. The Bertz CT molecular complexity index is 833. The number of aliphatic carboxylic acids is 1. The maximum Gasteiger partial charge on any atom is 0.341 e. The van der Waals surface area contributed by atoms with Crippen LogP contribution in [0.4, 0.5) is 5.69 Å². The number of pyridine rings is 1. The van der Waals surface area contributed by atoms with Gasteiger partial charge >= 0.3 is 5.97 Å². The van der Waals surface area contributed by atoms with Crippen molar-refractivity contribution in [2.24, 2.45) is 0 Å². The zero-order valence-corrected chi connectivity index (χ0v) is 16.5. The van der Waals surface area contributed by atoms with Crippen LogP contribution in [0.15, 0.2) is 36.7 Å². The fourth-order valence-corrected chi connectivity index (χ4v) is 3.60. The van der Waals surface area contributed by atoms with Gasteiger partial charge in [-0.25, -0.2) is 4.79 Å². The molecule has 0 aliphatic carbocycles. The van der Waals surface area contributed by atoms with Gasteiger partial charge in [-0.1, -0.05) is 23.2 Å². The molecule has 0 radical (unpaired) electrons. The number of carbonyl (C=O) groups excluding carboxylic acids is 1. The van der Waals surface area contributed by atoms with Crippen molar-refractivity contribution >= 4 is 40.6 Å². The molecule has 1 aromatic carbocycles. The van der Waals surface area contributed by atoms with Crippen LogP contribution in [0.2, 0.25) is 10.0 Å². The van der Waals surface area contributed by atoms with Gasteiger partial charge in [-0.15, -0.1) is 0 Å². The molecule has 28 heavy (non-hydrogen) atoms. The second-order valence-corrected chi connectivity index (χ2v) is 7.16. The number of Topliss-reactive ketones (excluding diaryl/α,β-unsaturated/α-hetero) is 1. The summed E-state index contributed by atoms with van der Waals surface area (Å²) in [7, 11) is 0. The topological polar surface area (TPSA) is 83.0 Å². The number of aromatic nitrogens is 1. The molecule has 0 bridgehead atoms. The van der Waals surface area contributed by atoms with Crippen LogP contribution in [0, 0.1) is 0 Å². The molecule has 7 nitrogen and oxygen atoms in total. The van der Waals surface area contributed by atoms with Crippen molar-refractivity contribution in [1.82, 2.24) is 9.88 Å². The van der Waals surface area contributed by atoms with Crippen LogP contribution in [0.3, 0.4) is 0 Å². The number of ketones is 1. The summed E-state index contributed by atoms with van der Waals surface area (Å²) in [6, 6.07) is 6.86. The fourth-order valence-electron chi connectivity index (χ4n) is 3.01. The lowest BCUT2D eigenvalue weighted by Crippen LogP contribution is -2.48. The molecule has 1 aliphatic rings. The van der Waals surface area contributed by atoms with Crippen LogP contribution in [0.25, 0.3) is 0 Å². The third-order valence-electron chi connectivity index (χ3n) is 4.43. The molecular weight excluding hydrogens is 405 g/mol. The molecule has 1 N–H and O–H groups in total. The van der Waals surface area contributed by atoms with Gasteiger partial charge in [0.25, 0.3) is 0 Å². The van der Waals surface area contributed by atoms with Crippen molar-refractivity contribution < 1.29 is 19.4 Å². The molecule has 1 aromatic heterocycles. The number of carboxylic acid groups (broad SMARTS) is 1. The van der Waals surface area contributed by atoms with E-state index in [1.54, 1.807) is 12.4 Å². The van der Waals surface area contributed by atoms with Crippen LogP contribution in [-0.4, -0.2) is 66.1 Å². The van der Waals surface area contributed by atoms with Crippen LogP contribution in [-0.2, 0) is 4.79 Å². The minimum atomic E-state index is -1.14. The highest BCUT2D eigenvalue weighted by Crippen LogP contribution is 2.34. The summed E-state index contributed by atoms with van der Waals surface area (Å²) in [6.07, 6.45) is 3.53. The lowest BCUT2D eigenvalue weighted by atomic mass is 10.1. The van der Waals surface area contributed by atoms with Gasteiger partial charge in [0, 0.05) is 49.8 Å². The number of carbonyl (C=O) groups is 2. The Kier molecular flexibility index (Phi) is 6.72. The van der Waals surface area contributed by atoms with Gasteiger partial charge in [0.05, 0.1) is 16.6 Å². The summed E-state index contributed by atoms with van der Waals surface area (Å²) < 4.78 is 5.07. The number of nitrogens with zero attached hydrogens (tertiary/aromatic N) is 3. The lowest BCUT2D eigenvalue weighted by Gasteiger charge is -2.35. The monoisotopic (exact) mass is 423 g/mol. The van der Waals surface area contributed by atoms with Crippen molar-refractivity contribution in [3.8, 4) is 5.75 Å². The second-order valence-electron chi connectivity index (χ2n) is 6.34. The molecule has 0 atom stereocenters. The van der Waals surface area contributed by atoms with Crippen molar-refractivity contribution in [2.75, 3.05) is 44.2 Å². The van der Waals surface area contributed by atoms with Gasteiger partial charge in [-0.3, -0.25) is 14.7 Å². The van der Waals surface area contributed by atoms with E-state index in [0.29, 0.717) is 5.56 Å². The second kappa shape index (κ2) is 9.23. The van der Waals surface area contributed by atoms with Crippen LogP contribution in [0.1, 0.15) is 10.4 Å². The highest BCUT2D eigenvalue weighted by Gasteiger charge is 2.21. The number of ether oxygens (including phenoxy) is 1. The fraction of sp³-hybridized carbons (Fsp3) is 0.316. The maximum absolute atomic E-state index is 12.6. The maximum atomic E-state index is 12.6. The third-order valence-corrected chi connectivity index (χ3v) is 4.99. The quantitative estimate of drug-likeness (QED) is 0.685. The Morgan fingerprint density at radius 3 is 2.25 bits per heavy atom. The number of piperazine rings is 1. The normalized spacial score (nSPS) is 14.7. The van der Waals surface area contributed by atoms with E-state index in [9.17, 15) is 9.59 Å². The predicted octanol–water partition coefficient (Wildman–Crippen LogP) is 2.86. The number of hydrogen-bond donors (Lipinski definition) is 1. The number of benzene rings is 1. The highest BCUT2D eigenvalue weighted by atomic mass is 35.5. The van der Waals surface area contributed by atoms with Gasteiger partial charge in [-0.05, 0) is 24.3 Å². The Morgan fingerprint density at radius 2 is 1.68 bits per heavy atom. The lowest BCUT2D eigenvalue weighted by molar-refractivity contribution is -0.139. The molecule has 1 saturated heterocycles. The number of halogens is 2. The average Bonchev–Trinajstić information content (AvgIpc) is 2.68. The van der Waals surface area contributed by atoms with E-state index in [0.717, 1.165) is 31.9 Å². The number of rotatable bonds is 7. The van der Waals surface area contributed by atoms with E-state index in [-0.39, 0.29) is 28.1 Å². The summed E-state index contributed by atoms with van der Waals surface area (Å²) >= 11 is 12.2. The number of anilines is 1. The third kappa shape index (κ3) is 5.13. The van der Waals surface area contributed by atoms with Crippen LogP contribution >= 0.6 is 23.2 Å². The number of carboxylic acids is 1. The summed E-state index contributed by atoms with van der Waals surface area (Å²) in [5, 5.41) is 8.92. The van der Waals surface area contributed by atoms with Crippen molar-refractivity contribution in [1.29, 1.82) is 0 Å². The first-order chi connectivity index (χ1) is 13.4. The average molecular weight is 424 g/mol. The standard InChI is InChI=1S/C19H19Cl2N3O4/c20-15-9-13(10-16(21)19(15)28-12-18(26)27)17(25)11-23-5-7-24(8-6-23)14-1-3-22-4-2-14/h1-4,9-10H,5-8,11-12H2,(H,26,27). The molecule has 2 aromatic rings. The summed E-state index contributed by atoms with van der Waals surface area (Å²) in [6.45, 7) is 2.85. The van der Waals surface area contributed by atoms with Crippen LogP contribution in [0.5, 0.6) is 5.75 Å². The van der Waals surface area contributed by atoms with Crippen molar-refractivity contribution in [2.45, 2.75) is 0 Å². The van der Waals surface area contributed by atoms with E-state index < -0.39 is 12.6 Å². The Labute approximate surface area is 172 Å². The number of hydrogen-bond acceptors (Lipinski definition) is 6.